The number of likely N-dealkylation sites (tertiary alicyclic amines) is 2. The molecule has 2 saturated heterocycles. The Morgan fingerprint density at radius 2 is 1.95 bits per heavy atom. The van der Waals surface area contributed by atoms with Crippen LogP contribution in [0.3, 0.4) is 0 Å². The molecule has 2 aliphatic rings. The van der Waals surface area contributed by atoms with Gasteiger partial charge in [0.05, 0.1) is 6.54 Å². The van der Waals surface area contributed by atoms with Crippen LogP contribution < -0.4 is 11.1 Å². The largest absolute Gasteiger partial charge is 0.351 e. The highest BCUT2D eigenvalue weighted by Gasteiger charge is 2.22. The second kappa shape index (κ2) is 7.22. The molecule has 2 aliphatic heterocycles. The van der Waals surface area contributed by atoms with Gasteiger partial charge in [-0.25, -0.2) is 0 Å². The van der Waals surface area contributed by atoms with Gasteiger partial charge in [-0.1, -0.05) is 6.92 Å². The van der Waals surface area contributed by atoms with Crippen molar-refractivity contribution in [1.29, 1.82) is 0 Å². The second-order valence-corrected chi connectivity index (χ2v) is 5.91. The minimum Gasteiger partial charge on any atom is -0.351 e. The summed E-state index contributed by atoms with van der Waals surface area (Å²) in [6.45, 7) is 7.90. The summed E-state index contributed by atoms with van der Waals surface area (Å²) in [6, 6.07) is 0.670. The minimum absolute atomic E-state index is 0.179. The molecule has 1 amide bonds. The van der Waals surface area contributed by atoms with Gasteiger partial charge in [-0.3, -0.25) is 9.69 Å². The number of nitrogens with two attached hydrogens (primary N) is 1. The van der Waals surface area contributed by atoms with Crippen LogP contribution in [0.25, 0.3) is 0 Å². The van der Waals surface area contributed by atoms with Gasteiger partial charge in [-0.05, 0) is 38.8 Å². The van der Waals surface area contributed by atoms with E-state index in [0.29, 0.717) is 18.6 Å². The fourth-order valence-corrected chi connectivity index (χ4v) is 3.05. The number of amides is 1. The fourth-order valence-electron chi connectivity index (χ4n) is 3.05. The van der Waals surface area contributed by atoms with Crippen LogP contribution in [0.1, 0.15) is 32.6 Å². The Morgan fingerprint density at radius 3 is 2.63 bits per heavy atom. The standard InChI is InChI=1S/C14H28N4O/c1-2-17-7-3-4-13(10-17)16-14(19)11-18-8-5-12(15)6-9-18/h12-13H,2-11,15H2,1H3,(H,16,19). The Bertz CT molecular complexity index is 289. The lowest BCUT2D eigenvalue weighted by Crippen LogP contribution is -2.51. The number of likely N-dealkylation sites (N-methyl/N-ethyl adjacent to an activating group) is 1. The molecule has 2 rings (SSSR count). The summed E-state index contributed by atoms with van der Waals surface area (Å²) in [5.74, 6) is 0.179. The summed E-state index contributed by atoms with van der Waals surface area (Å²) < 4.78 is 0. The fraction of sp³-hybridized carbons (Fsp3) is 0.929. The van der Waals surface area contributed by atoms with E-state index in [-0.39, 0.29) is 5.91 Å². The molecule has 3 N–H and O–H groups in total. The third-order valence-electron chi connectivity index (χ3n) is 4.32. The van der Waals surface area contributed by atoms with Gasteiger partial charge in [-0.2, -0.15) is 0 Å². The van der Waals surface area contributed by atoms with Crippen LogP contribution in [0.4, 0.5) is 0 Å². The molecule has 0 radical (unpaired) electrons. The van der Waals surface area contributed by atoms with E-state index in [4.69, 9.17) is 5.73 Å². The van der Waals surface area contributed by atoms with Crippen LogP contribution in [0.5, 0.6) is 0 Å². The molecule has 5 heteroatoms. The predicted molar refractivity (Wildman–Crippen MR) is 76.9 cm³/mol. The van der Waals surface area contributed by atoms with Gasteiger partial charge in [0, 0.05) is 31.7 Å². The van der Waals surface area contributed by atoms with Crippen molar-refractivity contribution in [3.05, 3.63) is 0 Å². The quantitative estimate of drug-likeness (QED) is 0.754. The van der Waals surface area contributed by atoms with Gasteiger partial charge in [-0.15, -0.1) is 0 Å². The maximum Gasteiger partial charge on any atom is 0.234 e. The monoisotopic (exact) mass is 268 g/mol. The van der Waals surface area contributed by atoms with E-state index in [1.54, 1.807) is 0 Å². The molecule has 0 aromatic rings. The van der Waals surface area contributed by atoms with Gasteiger partial charge in [0.25, 0.3) is 0 Å². The van der Waals surface area contributed by atoms with Crippen molar-refractivity contribution in [3.63, 3.8) is 0 Å². The van der Waals surface area contributed by atoms with E-state index in [9.17, 15) is 4.79 Å². The molecule has 2 fully saturated rings. The number of hydrogen-bond donors (Lipinski definition) is 2. The number of hydrogen-bond acceptors (Lipinski definition) is 4. The Balaban J connectivity index is 1.69. The van der Waals surface area contributed by atoms with E-state index in [1.807, 2.05) is 0 Å². The van der Waals surface area contributed by atoms with Crippen molar-refractivity contribution in [2.24, 2.45) is 5.73 Å². The predicted octanol–water partition coefficient (Wildman–Crippen LogP) is 0.0100. The number of nitrogens with zero attached hydrogens (tertiary/aromatic N) is 2. The first kappa shape index (κ1) is 14.8. The molecule has 19 heavy (non-hydrogen) atoms. The average molecular weight is 268 g/mol. The number of rotatable bonds is 4. The molecule has 1 unspecified atom stereocenters. The first-order valence-electron chi connectivity index (χ1n) is 7.67. The molecular formula is C14H28N4O. The van der Waals surface area contributed by atoms with Crippen LogP contribution in [-0.2, 0) is 4.79 Å². The van der Waals surface area contributed by atoms with Gasteiger partial charge >= 0.3 is 0 Å². The maximum atomic E-state index is 12.1. The zero-order valence-corrected chi connectivity index (χ0v) is 12.1. The zero-order valence-electron chi connectivity index (χ0n) is 12.1. The van der Waals surface area contributed by atoms with Gasteiger partial charge in [0.1, 0.15) is 0 Å². The lowest BCUT2D eigenvalue weighted by Gasteiger charge is -2.33. The number of nitrogens with one attached hydrogen (secondary N) is 1. The molecule has 110 valence electrons. The summed E-state index contributed by atoms with van der Waals surface area (Å²) in [7, 11) is 0. The zero-order chi connectivity index (χ0) is 13.7. The first-order valence-corrected chi connectivity index (χ1v) is 7.67. The van der Waals surface area contributed by atoms with Crippen molar-refractivity contribution in [1.82, 2.24) is 15.1 Å². The molecule has 0 bridgehead atoms. The normalized spacial score (nSPS) is 27.4. The maximum absolute atomic E-state index is 12.1. The van der Waals surface area contributed by atoms with Crippen LogP contribution in [0.2, 0.25) is 0 Å². The van der Waals surface area contributed by atoms with Crippen molar-refractivity contribution in [2.75, 3.05) is 39.3 Å². The molecular weight excluding hydrogens is 240 g/mol. The highest BCUT2D eigenvalue weighted by molar-refractivity contribution is 5.78. The molecule has 2 heterocycles. The van der Waals surface area contributed by atoms with E-state index >= 15 is 0 Å². The molecule has 0 aromatic heterocycles. The first-order chi connectivity index (χ1) is 9.17. The Labute approximate surface area is 116 Å². The minimum atomic E-state index is 0.179. The van der Waals surface area contributed by atoms with Crippen molar-refractivity contribution in [3.8, 4) is 0 Å². The lowest BCUT2D eigenvalue weighted by atomic mass is 10.1. The van der Waals surface area contributed by atoms with Crippen LogP contribution in [0.15, 0.2) is 0 Å². The summed E-state index contributed by atoms with van der Waals surface area (Å²) in [5, 5.41) is 3.19. The molecule has 0 saturated carbocycles. The third-order valence-corrected chi connectivity index (χ3v) is 4.32. The van der Waals surface area contributed by atoms with E-state index in [2.05, 4.69) is 22.0 Å². The summed E-state index contributed by atoms with van der Waals surface area (Å²) in [5.41, 5.74) is 5.88. The van der Waals surface area contributed by atoms with Gasteiger partial charge in [0.2, 0.25) is 5.91 Å². The molecule has 5 nitrogen and oxygen atoms in total. The van der Waals surface area contributed by atoms with Crippen molar-refractivity contribution < 1.29 is 4.79 Å². The molecule has 1 atom stereocenters. The number of carbonyl (C=O) groups is 1. The van der Waals surface area contributed by atoms with Crippen LogP contribution in [0, 0.1) is 0 Å². The molecule has 0 aliphatic carbocycles. The Hall–Kier alpha value is -0.650. The average Bonchev–Trinajstić information content (AvgIpc) is 2.41. The summed E-state index contributed by atoms with van der Waals surface area (Å²) in [6.07, 6.45) is 4.34. The van der Waals surface area contributed by atoms with E-state index < -0.39 is 0 Å². The van der Waals surface area contributed by atoms with Crippen LogP contribution in [-0.4, -0.2) is 67.1 Å². The van der Waals surface area contributed by atoms with E-state index in [0.717, 1.165) is 45.4 Å². The highest BCUT2D eigenvalue weighted by Crippen LogP contribution is 2.10. The van der Waals surface area contributed by atoms with Crippen molar-refractivity contribution >= 4 is 5.91 Å². The molecule has 0 aromatic carbocycles. The topological polar surface area (TPSA) is 61.6 Å². The van der Waals surface area contributed by atoms with Gasteiger partial charge < -0.3 is 16.0 Å². The Morgan fingerprint density at radius 1 is 1.21 bits per heavy atom. The third kappa shape index (κ3) is 4.75. The summed E-state index contributed by atoms with van der Waals surface area (Å²) in [4.78, 5) is 16.7. The van der Waals surface area contributed by atoms with Crippen molar-refractivity contribution in [2.45, 2.75) is 44.7 Å². The Kier molecular flexibility index (Phi) is 5.60. The SMILES string of the molecule is CCN1CCCC(NC(=O)CN2CCC(N)CC2)C1. The molecule has 0 spiro atoms. The highest BCUT2D eigenvalue weighted by atomic mass is 16.2. The lowest BCUT2D eigenvalue weighted by molar-refractivity contribution is -0.123. The van der Waals surface area contributed by atoms with Crippen LogP contribution >= 0.6 is 0 Å². The smallest absolute Gasteiger partial charge is 0.234 e. The summed E-state index contributed by atoms with van der Waals surface area (Å²) >= 11 is 0. The van der Waals surface area contributed by atoms with E-state index in [1.165, 1.54) is 13.0 Å². The number of piperidine rings is 2. The number of carbonyl (C=O) groups excluding carboxylic acids is 1. The second-order valence-electron chi connectivity index (χ2n) is 5.91. The van der Waals surface area contributed by atoms with Gasteiger partial charge in [0.15, 0.2) is 0 Å².